The van der Waals surface area contributed by atoms with Gasteiger partial charge in [-0.1, -0.05) is 6.07 Å². The van der Waals surface area contributed by atoms with Crippen LogP contribution >= 0.6 is 0 Å². The summed E-state index contributed by atoms with van der Waals surface area (Å²) in [6.45, 7) is 1.15. The number of hydrogen-bond acceptors (Lipinski definition) is 5. The van der Waals surface area contributed by atoms with E-state index in [-0.39, 0.29) is 17.4 Å². The first-order chi connectivity index (χ1) is 13.4. The van der Waals surface area contributed by atoms with Crippen molar-refractivity contribution in [1.29, 1.82) is 0 Å². The Balaban J connectivity index is 1.59. The van der Waals surface area contributed by atoms with Gasteiger partial charge in [-0.05, 0) is 31.2 Å². The highest BCUT2D eigenvalue weighted by Crippen LogP contribution is 2.26. The van der Waals surface area contributed by atoms with Crippen LogP contribution in [0.15, 0.2) is 42.7 Å². The lowest BCUT2D eigenvalue weighted by Gasteiger charge is -2.28. The molecule has 0 aromatic carbocycles. The van der Waals surface area contributed by atoms with Crippen LogP contribution in [0.3, 0.4) is 0 Å². The second-order valence-corrected chi connectivity index (χ2v) is 6.45. The van der Waals surface area contributed by atoms with Gasteiger partial charge in [0.1, 0.15) is 23.4 Å². The van der Waals surface area contributed by atoms with E-state index in [0.29, 0.717) is 36.7 Å². The van der Waals surface area contributed by atoms with E-state index in [4.69, 9.17) is 0 Å². The number of hydrogen-bond donors (Lipinski definition) is 2. The first-order valence-electron chi connectivity index (χ1n) is 8.71. The highest BCUT2D eigenvalue weighted by atomic mass is 19.4. The van der Waals surface area contributed by atoms with Gasteiger partial charge in [0.05, 0.1) is 23.6 Å². The fourth-order valence-corrected chi connectivity index (χ4v) is 3.16. The minimum Gasteiger partial charge on any atom is -0.406 e. The molecule has 2 atom stereocenters. The molecule has 0 aliphatic carbocycles. The summed E-state index contributed by atoms with van der Waals surface area (Å²) in [7, 11) is 0. The average Bonchev–Trinajstić information content (AvgIpc) is 3.06. The van der Waals surface area contributed by atoms with Gasteiger partial charge >= 0.3 is 6.36 Å². The van der Waals surface area contributed by atoms with Crippen molar-refractivity contribution in [3.05, 3.63) is 42.7 Å². The summed E-state index contributed by atoms with van der Waals surface area (Å²) >= 11 is 0. The van der Waals surface area contributed by atoms with Gasteiger partial charge < -0.3 is 15.4 Å². The van der Waals surface area contributed by atoms with Gasteiger partial charge in [-0.3, -0.25) is 4.40 Å². The first-order valence-corrected chi connectivity index (χ1v) is 8.71. The van der Waals surface area contributed by atoms with Gasteiger partial charge in [0, 0.05) is 18.8 Å². The molecule has 0 saturated carbocycles. The van der Waals surface area contributed by atoms with E-state index in [9.17, 15) is 17.6 Å². The number of nitrogens with zero attached hydrogens (tertiary/aromatic N) is 3. The Hall–Kier alpha value is -2.88. The molecule has 10 heteroatoms. The Morgan fingerprint density at radius 2 is 2.11 bits per heavy atom. The fourth-order valence-electron chi connectivity index (χ4n) is 3.16. The van der Waals surface area contributed by atoms with Crippen molar-refractivity contribution in [1.82, 2.24) is 19.7 Å². The summed E-state index contributed by atoms with van der Waals surface area (Å²) in [6.07, 6.45) is -2.35. The van der Waals surface area contributed by atoms with Gasteiger partial charge in [-0.25, -0.2) is 14.4 Å². The summed E-state index contributed by atoms with van der Waals surface area (Å²) in [4.78, 5) is 8.63. The highest BCUT2D eigenvalue weighted by Gasteiger charge is 2.31. The molecule has 1 saturated heterocycles. The van der Waals surface area contributed by atoms with E-state index in [0.717, 1.165) is 0 Å². The molecule has 2 unspecified atom stereocenters. The molecule has 0 spiro atoms. The van der Waals surface area contributed by atoms with E-state index >= 15 is 0 Å². The molecule has 6 nitrogen and oxygen atoms in total. The number of rotatable bonds is 4. The monoisotopic (exact) mass is 395 g/mol. The predicted molar refractivity (Wildman–Crippen MR) is 94.9 cm³/mol. The number of anilines is 1. The minimum absolute atomic E-state index is 0.289. The van der Waals surface area contributed by atoms with Crippen LogP contribution in [0.1, 0.15) is 6.42 Å². The van der Waals surface area contributed by atoms with Crippen molar-refractivity contribution in [2.45, 2.75) is 25.0 Å². The predicted octanol–water partition coefficient (Wildman–Crippen LogP) is 3.41. The molecule has 1 aliphatic heterocycles. The van der Waals surface area contributed by atoms with Crippen molar-refractivity contribution in [3.8, 4) is 17.1 Å². The SMILES string of the molecule is FC1CCNCC1Nc1cccc(-c2cnc3cc(OC(F)(F)F)ccn23)n1. The molecule has 0 amide bonds. The Morgan fingerprint density at radius 1 is 1.25 bits per heavy atom. The summed E-state index contributed by atoms with van der Waals surface area (Å²) in [5.41, 5.74) is 1.44. The molecule has 2 N–H and O–H groups in total. The maximum absolute atomic E-state index is 14.0. The summed E-state index contributed by atoms with van der Waals surface area (Å²) in [6, 6.07) is 7.29. The third-order valence-corrected chi connectivity index (χ3v) is 4.46. The first kappa shape index (κ1) is 18.5. The quantitative estimate of drug-likeness (QED) is 0.663. The Labute approximate surface area is 157 Å². The van der Waals surface area contributed by atoms with E-state index < -0.39 is 12.5 Å². The number of piperidine rings is 1. The number of halogens is 4. The minimum atomic E-state index is -4.77. The largest absolute Gasteiger partial charge is 0.573 e. The number of ether oxygens (including phenoxy) is 1. The topological polar surface area (TPSA) is 63.5 Å². The molecule has 3 aromatic heterocycles. The van der Waals surface area contributed by atoms with Gasteiger partial charge in [0.25, 0.3) is 0 Å². The third-order valence-electron chi connectivity index (χ3n) is 4.46. The zero-order valence-corrected chi connectivity index (χ0v) is 14.6. The fraction of sp³-hybridized carbons (Fsp3) is 0.333. The molecule has 0 radical (unpaired) electrons. The second-order valence-electron chi connectivity index (χ2n) is 6.45. The normalized spacial score (nSPS) is 20.3. The zero-order valence-electron chi connectivity index (χ0n) is 14.6. The summed E-state index contributed by atoms with van der Waals surface area (Å²) in [5.74, 6) is 0.167. The number of aromatic nitrogens is 3. The van der Waals surface area contributed by atoms with Crippen LogP contribution in [0.25, 0.3) is 17.0 Å². The molecule has 28 heavy (non-hydrogen) atoms. The van der Waals surface area contributed by atoms with Crippen molar-refractivity contribution >= 4 is 11.5 Å². The highest BCUT2D eigenvalue weighted by molar-refractivity contribution is 5.62. The molecule has 1 aliphatic rings. The standard InChI is InChI=1S/C18H17F4N5O/c19-12-4-6-23-9-14(12)26-16-3-1-2-13(25-16)15-10-24-17-8-11(5-7-27(15)17)28-18(20,21)22/h1-3,5,7-8,10,12,14,23H,4,6,9H2,(H,25,26). The molecule has 4 rings (SSSR count). The Morgan fingerprint density at radius 3 is 2.89 bits per heavy atom. The molecule has 3 aromatic rings. The maximum Gasteiger partial charge on any atom is 0.573 e. The van der Waals surface area contributed by atoms with Crippen molar-refractivity contribution in [2.75, 3.05) is 18.4 Å². The lowest BCUT2D eigenvalue weighted by Crippen LogP contribution is -2.46. The number of imidazole rings is 1. The lowest BCUT2D eigenvalue weighted by atomic mass is 10.1. The summed E-state index contributed by atoms with van der Waals surface area (Å²) < 4.78 is 56.7. The van der Waals surface area contributed by atoms with Crippen molar-refractivity contribution in [2.24, 2.45) is 0 Å². The second kappa shape index (κ2) is 7.27. The molecular weight excluding hydrogens is 378 g/mol. The van der Waals surface area contributed by atoms with Gasteiger partial charge in [0.2, 0.25) is 0 Å². The average molecular weight is 395 g/mol. The van der Waals surface area contributed by atoms with Crippen LogP contribution in [0, 0.1) is 0 Å². The van der Waals surface area contributed by atoms with Crippen LogP contribution < -0.4 is 15.4 Å². The Bertz CT molecular complexity index is 974. The lowest BCUT2D eigenvalue weighted by molar-refractivity contribution is -0.274. The van der Waals surface area contributed by atoms with E-state index in [2.05, 4.69) is 25.3 Å². The van der Waals surface area contributed by atoms with E-state index in [1.54, 1.807) is 22.6 Å². The summed E-state index contributed by atoms with van der Waals surface area (Å²) in [5, 5.41) is 6.23. The van der Waals surface area contributed by atoms with Crippen LogP contribution in [0.4, 0.5) is 23.4 Å². The van der Waals surface area contributed by atoms with Crippen LogP contribution in [0.5, 0.6) is 5.75 Å². The zero-order chi connectivity index (χ0) is 19.7. The number of alkyl halides is 4. The van der Waals surface area contributed by atoms with Crippen LogP contribution in [-0.4, -0.2) is 46.0 Å². The maximum atomic E-state index is 14.0. The molecule has 4 heterocycles. The third kappa shape index (κ3) is 4.01. The number of fused-ring (bicyclic) bond motifs is 1. The molecule has 1 fully saturated rings. The smallest absolute Gasteiger partial charge is 0.406 e. The Kier molecular flexibility index (Phi) is 4.80. The van der Waals surface area contributed by atoms with E-state index in [1.807, 2.05) is 0 Å². The molecule has 148 valence electrons. The van der Waals surface area contributed by atoms with Crippen molar-refractivity contribution in [3.63, 3.8) is 0 Å². The number of pyridine rings is 2. The van der Waals surface area contributed by atoms with Crippen LogP contribution in [0.2, 0.25) is 0 Å². The van der Waals surface area contributed by atoms with E-state index in [1.165, 1.54) is 24.5 Å². The molecule has 0 bridgehead atoms. The van der Waals surface area contributed by atoms with Gasteiger partial charge in [0.15, 0.2) is 0 Å². The van der Waals surface area contributed by atoms with Gasteiger partial charge in [-0.2, -0.15) is 0 Å². The van der Waals surface area contributed by atoms with Gasteiger partial charge in [-0.15, -0.1) is 13.2 Å². The number of nitrogens with one attached hydrogen (secondary N) is 2. The van der Waals surface area contributed by atoms with Crippen LogP contribution in [-0.2, 0) is 0 Å². The molecular formula is C18H17F4N5O. The van der Waals surface area contributed by atoms with Crippen molar-refractivity contribution < 1.29 is 22.3 Å².